The summed E-state index contributed by atoms with van der Waals surface area (Å²) in [5.74, 6) is 1.16. The van der Waals surface area contributed by atoms with Crippen molar-refractivity contribution in [1.29, 1.82) is 0 Å². The fourth-order valence-electron chi connectivity index (χ4n) is 4.04. The van der Waals surface area contributed by atoms with E-state index in [2.05, 4.69) is 54.1 Å². The normalized spacial score (nSPS) is 13.3. The van der Waals surface area contributed by atoms with Crippen LogP contribution in [0.1, 0.15) is 22.6 Å². The van der Waals surface area contributed by atoms with Crippen molar-refractivity contribution in [2.24, 2.45) is 0 Å². The van der Waals surface area contributed by atoms with E-state index in [9.17, 15) is 0 Å². The second-order valence-electron chi connectivity index (χ2n) is 7.05. The maximum Gasteiger partial charge on any atom is 0.165 e. The zero-order valence-electron chi connectivity index (χ0n) is 15.6. The zero-order chi connectivity index (χ0) is 18.4. The maximum absolute atomic E-state index is 4.94. The van der Waals surface area contributed by atoms with Crippen molar-refractivity contribution in [2.45, 2.75) is 26.8 Å². The summed E-state index contributed by atoms with van der Waals surface area (Å²) >= 11 is 0. The predicted molar refractivity (Wildman–Crippen MR) is 107 cm³/mol. The second-order valence-corrected chi connectivity index (χ2v) is 7.05. The van der Waals surface area contributed by atoms with Crippen molar-refractivity contribution in [3.63, 3.8) is 0 Å². The third-order valence-corrected chi connectivity index (χ3v) is 5.29. The van der Waals surface area contributed by atoms with Gasteiger partial charge < -0.3 is 4.90 Å². The van der Waals surface area contributed by atoms with Gasteiger partial charge in [-0.15, -0.1) is 0 Å². The van der Waals surface area contributed by atoms with Gasteiger partial charge in [0.25, 0.3) is 0 Å². The molecule has 1 aliphatic rings. The Kier molecular flexibility index (Phi) is 3.67. The van der Waals surface area contributed by atoms with Crippen LogP contribution < -0.4 is 4.90 Å². The highest BCUT2D eigenvalue weighted by Crippen LogP contribution is 2.35. The lowest BCUT2D eigenvalue weighted by molar-refractivity contribution is 0.780. The molecule has 0 N–H and O–H groups in total. The van der Waals surface area contributed by atoms with E-state index in [1.54, 1.807) is 0 Å². The fraction of sp³-hybridized carbons (Fsp3) is 0.227. The first kappa shape index (κ1) is 16.0. The first-order chi connectivity index (χ1) is 13.2. The van der Waals surface area contributed by atoms with Crippen molar-refractivity contribution in [3.8, 4) is 11.1 Å². The highest BCUT2D eigenvalue weighted by atomic mass is 15.4. The number of benzene rings is 1. The van der Waals surface area contributed by atoms with Gasteiger partial charge in [0, 0.05) is 29.6 Å². The average Bonchev–Trinajstić information content (AvgIpc) is 3.24. The summed E-state index contributed by atoms with van der Waals surface area (Å²) in [4.78, 5) is 11.8. The van der Waals surface area contributed by atoms with Crippen molar-refractivity contribution in [3.05, 3.63) is 77.4 Å². The number of aryl methyl sites for hydroxylation is 2. The Morgan fingerprint density at radius 1 is 0.963 bits per heavy atom. The minimum Gasteiger partial charge on any atom is -0.350 e. The van der Waals surface area contributed by atoms with E-state index >= 15 is 0 Å². The summed E-state index contributed by atoms with van der Waals surface area (Å²) in [5.41, 5.74) is 7.67. The minimum absolute atomic E-state index is 0.784. The van der Waals surface area contributed by atoms with E-state index < -0.39 is 0 Å². The first-order valence-electron chi connectivity index (χ1n) is 9.31. The lowest BCUT2D eigenvalue weighted by Gasteiger charge is -2.20. The molecule has 0 unspecified atom stereocenters. The van der Waals surface area contributed by atoms with E-state index in [1.807, 2.05) is 28.9 Å². The highest BCUT2D eigenvalue weighted by molar-refractivity contribution is 5.81. The summed E-state index contributed by atoms with van der Waals surface area (Å²) in [6.07, 6.45) is 2.85. The molecule has 0 saturated carbocycles. The Labute approximate surface area is 158 Å². The third-order valence-electron chi connectivity index (χ3n) is 5.29. The molecule has 0 aliphatic carbocycles. The van der Waals surface area contributed by atoms with Gasteiger partial charge in [-0.05, 0) is 38.0 Å². The van der Waals surface area contributed by atoms with Crippen molar-refractivity contribution >= 4 is 11.5 Å². The molecule has 0 atom stereocenters. The standard InChI is InChI=1S/C22H21N5/c1-15-19-11-13-26(14-18-10-6-7-12-23-18)22(19)27-21(24-15)20(16(2)25-27)17-8-4-3-5-9-17/h3-10,12H,11,13-14H2,1-2H3. The topological polar surface area (TPSA) is 46.3 Å². The van der Waals surface area contributed by atoms with Gasteiger partial charge in [-0.25, -0.2) is 4.98 Å². The summed E-state index contributed by atoms with van der Waals surface area (Å²) in [6, 6.07) is 16.5. The van der Waals surface area contributed by atoms with Crippen molar-refractivity contribution < 1.29 is 0 Å². The zero-order valence-corrected chi connectivity index (χ0v) is 15.6. The minimum atomic E-state index is 0.784. The molecule has 0 amide bonds. The van der Waals surface area contributed by atoms with Crippen molar-refractivity contribution in [2.75, 3.05) is 11.4 Å². The quantitative estimate of drug-likeness (QED) is 0.558. The smallest absolute Gasteiger partial charge is 0.165 e. The average molecular weight is 355 g/mol. The summed E-state index contributed by atoms with van der Waals surface area (Å²) in [7, 11) is 0. The van der Waals surface area contributed by atoms with E-state index in [1.165, 1.54) is 5.56 Å². The molecule has 0 bridgehead atoms. The number of nitrogens with zero attached hydrogens (tertiary/aromatic N) is 5. The van der Waals surface area contributed by atoms with Gasteiger partial charge in [-0.3, -0.25) is 4.98 Å². The molecule has 5 heteroatoms. The number of pyridine rings is 1. The number of fused-ring (bicyclic) bond motifs is 3. The summed E-state index contributed by atoms with van der Waals surface area (Å²) < 4.78 is 2.04. The largest absolute Gasteiger partial charge is 0.350 e. The Balaban J connectivity index is 1.69. The van der Waals surface area contributed by atoms with Crippen LogP contribution in [0.5, 0.6) is 0 Å². The molecular weight excluding hydrogens is 334 g/mol. The maximum atomic E-state index is 4.94. The molecule has 134 valence electrons. The fourth-order valence-corrected chi connectivity index (χ4v) is 4.04. The molecule has 1 aliphatic heterocycles. The highest BCUT2D eigenvalue weighted by Gasteiger charge is 2.28. The predicted octanol–water partition coefficient (Wildman–Crippen LogP) is 3.97. The van der Waals surface area contributed by atoms with Crippen LogP contribution in [0.3, 0.4) is 0 Å². The Morgan fingerprint density at radius 3 is 2.56 bits per heavy atom. The molecule has 4 heterocycles. The summed E-state index contributed by atoms with van der Waals surface area (Å²) in [5, 5.41) is 4.89. The van der Waals surface area contributed by atoms with Crippen LogP contribution in [-0.2, 0) is 13.0 Å². The molecule has 0 saturated heterocycles. The lowest BCUT2D eigenvalue weighted by Crippen LogP contribution is -2.22. The van der Waals surface area contributed by atoms with Gasteiger partial charge in [-0.2, -0.15) is 9.61 Å². The third kappa shape index (κ3) is 2.58. The number of hydrogen-bond acceptors (Lipinski definition) is 4. The van der Waals surface area contributed by atoms with Crippen LogP contribution in [0.25, 0.3) is 16.8 Å². The van der Waals surface area contributed by atoms with Crippen LogP contribution >= 0.6 is 0 Å². The van der Waals surface area contributed by atoms with Gasteiger partial charge in [0.2, 0.25) is 0 Å². The molecule has 0 radical (unpaired) electrons. The molecule has 27 heavy (non-hydrogen) atoms. The Morgan fingerprint density at radius 2 is 1.78 bits per heavy atom. The number of anilines is 1. The Bertz CT molecular complexity index is 1120. The van der Waals surface area contributed by atoms with Crippen LogP contribution in [0, 0.1) is 13.8 Å². The van der Waals surface area contributed by atoms with E-state index in [0.717, 1.165) is 59.2 Å². The van der Waals surface area contributed by atoms with Crippen LogP contribution in [0.15, 0.2) is 54.7 Å². The van der Waals surface area contributed by atoms with Crippen LogP contribution in [0.4, 0.5) is 5.82 Å². The van der Waals surface area contributed by atoms with E-state index in [4.69, 9.17) is 10.1 Å². The molecular formula is C22H21N5. The van der Waals surface area contributed by atoms with Gasteiger partial charge in [-0.1, -0.05) is 36.4 Å². The SMILES string of the molecule is Cc1nc2c(-c3ccccc3)c(C)nn2c2c1CCN2Cc1ccccn1. The molecule has 4 aromatic rings. The van der Waals surface area contributed by atoms with Gasteiger partial charge in [0.1, 0.15) is 5.82 Å². The second kappa shape index (κ2) is 6.20. The van der Waals surface area contributed by atoms with E-state index in [0.29, 0.717) is 0 Å². The number of rotatable bonds is 3. The van der Waals surface area contributed by atoms with Crippen molar-refractivity contribution in [1.82, 2.24) is 19.6 Å². The number of hydrogen-bond donors (Lipinski definition) is 0. The van der Waals surface area contributed by atoms with Gasteiger partial charge in [0.05, 0.1) is 17.9 Å². The number of aromatic nitrogens is 4. The molecule has 5 nitrogen and oxygen atoms in total. The first-order valence-corrected chi connectivity index (χ1v) is 9.31. The molecule has 3 aromatic heterocycles. The molecule has 0 spiro atoms. The van der Waals surface area contributed by atoms with Gasteiger partial charge >= 0.3 is 0 Å². The van der Waals surface area contributed by atoms with E-state index in [-0.39, 0.29) is 0 Å². The molecule has 5 rings (SSSR count). The molecule has 0 fully saturated rings. The Hall–Kier alpha value is -3.21. The monoisotopic (exact) mass is 355 g/mol. The van der Waals surface area contributed by atoms with Crippen LogP contribution in [-0.4, -0.2) is 26.1 Å². The molecule has 1 aromatic carbocycles. The van der Waals surface area contributed by atoms with Crippen LogP contribution in [0.2, 0.25) is 0 Å². The summed E-state index contributed by atoms with van der Waals surface area (Å²) in [6.45, 7) is 5.93. The lowest BCUT2D eigenvalue weighted by atomic mass is 10.1. The van der Waals surface area contributed by atoms with Gasteiger partial charge in [0.15, 0.2) is 5.65 Å².